The molecule has 0 atom stereocenters. The number of pyridine rings is 3. The molecule has 10 nitrogen and oxygen atoms in total. The Morgan fingerprint density at radius 3 is 2.04 bits per heavy atom. The Hall–Kier alpha value is -4.38. The van der Waals surface area contributed by atoms with Gasteiger partial charge in [-0.25, -0.2) is 32.3 Å². The van der Waals surface area contributed by atoms with E-state index in [0.29, 0.717) is 8.95 Å². The molecule has 0 aliphatic heterocycles. The van der Waals surface area contributed by atoms with E-state index < -0.39 is 74.1 Å². The Kier molecular flexibility index (Phi) is 13.3. The highest BCUT2D eigenvalue weighted by molar-refractivity contribution is 9.10. The molecule has 0 unspecified atom stereocenters. The summed E-state index contributed by atoms with van der Waals surface area (Å²) in [6.07, 6.45) is 2.35. The quantitative estimate of drug-likeness (QED) is 0.0941. The second-order valence-corrected chi connectivity index (χ2v) is 15.0. The monoisotopic (exact) mass is 916 g/mol. The molecule has 0 aliphatic rings. The molecule has 0 spiro atoms. The molecular formula is C36H28Br2Cl2F4N4O6. The normalized spacial score (nSPS) is 11.1. The Balaban J connectivity index is 0.000000244. The summed E-state index contributed by atoms with van der Waals surface area (Å²) < 4.78 is 68.6. The van der Waals surface area contributed by atoms with Crippen LogP contribution in [0.25, 0.3) is 22.2 Å². The second kappa shape index (κ2) is 17.0. The lowest BCUT2D eigenvalue weighted by atomic mass is 9.97. The van der Waals surface area contributed by atoms with Gasteiger partial charge in [0.15, 0.2) is 5.75 Å². The Labute approximate surface area is 332 Å². The van der Waals surface area contributed by atoms with Crippen molar-refractivity contribution >= 4 is 89.8 Å². The molecule has 3 heterocycles. The van der Waals surface area contributed by atoms with E-state index in [2.05, 4.69) is 46.6 Å². The summed E-state index contributed by atoms with van der Waals surface area (Å²) in [5.74, 6) is -5.67. The molecule has 1 amide bonds. The number of nitrogens with zero attached hydrogens (tertiary/aromatic N) is 4. The number of benzene rings is 2. The minimum Gasteiger partial charge on any atom is -0.465 e. The van der Waals surface area contributed by atoms with Crippen LogP contribution < -0.4 is 15.2 Å². The van der Waals surface area contributed by atoms with Gasteiger partial charge in [-0.1, -0.05) is 23.2 Å². The number of carbonyl (C=O) groups is 3. The van der Waals surface area contributed by atoms with Crippen molar-refractivity contribution in [3.8, 4) is 16.9 Å². The third-order valence-corrected chi connectivity index (χ3v) is 9.29. The number of carbonyl (C=O) groups excluding carboxylic acids is 3. The fourth-order valence-electron chi connectivity index (χ4n) is 4.77. The zero-order valence-corrected chi connectivity index (χ0v) is 33.8. The summed E-state index contributed by atoms with van der Waals surface area (Å²) in [7, 11) is 3.97. The molecule has 0 saturated carbocycles. The van der Waals surface area contributed by atoms with Crippen LogP contribution in [0.3, 0.4) is 0 Å². The van der Waals surface area contributed by atoms with E-state index in [1.54, 1.807) is 26.8 Å². The SMILES string of the molecule is COC(=O)c1cc(Br)cnc1N(C)C(=O)Cc1c(F)ccc(F)c1Cl.Cn1c(=O)c(-c2c(F)ccc(F)c2Cl)c(OC(=O)C(C)(C)C)c2cc(Br)cnc21. The topological polar surface area (TPSA) is 121 Å². The predicted molar refractivity (Wildman–Crippen MR) is 202 cm³/mol. The van der Waals surface area contributed by atoms with Crippen LogP contribution in [0.4, 0.5) is 23.4 Å². The number of rotatable bonds is 6. The molecule has 2 aromatic carbocycles. The molecule has 0 N–H and O–H groups in total. The van der Waals surface area contributed by atoms with Gasteiger partial charge < -0.3 is 9.47 Å². The number of esters is 2. The third kappa shape index (κ3) is 8.94. The zero-order valence-electron chi connectivity index (χ0n) is 29.1. The number of amides is 1. The minimum absolute atomic E-state index is 0.0213. The van der Waals surface area contributed by atoms with E-state index in [-0.39, 0.29) is 39.3 Å². The molecule has 0 aliphatic carbocycles. The number of fused-ring (bicyclic) bond motifs is 1. The van der Waals surface area contributed by atoms with Gasteiger partial charge in [0.05, 0.1) is 39.9 Å². The summed E-state index contributed by atoms with van der Waals surface area (Å²) in [6.45, 7) is 4.88. The van der Waals surface area contributed by atoms with Crippen molar-refractivity contribution in [2.75, 3.05) is 19.1 Å². The van der Waals surface area contributed by atoms with Crippen molar-refractivity contribution in [3.63, 3.8) is 0 Å². The molecule has 0 bridgehead atoms. The van der Waals surface area contributed by atoms with E-state index in [1.807, 2.05) is 0 Å². The average Bonchev–Trinajstić information content (AvgIpc) is 3.12. The molecule has 5 aromatic rings. The Bertz CT molecular complexity index is 2390. The molecule has 3 aromatic heterocycles. The first-order valence-corrected chi connectivity index (χ1v) is 17.7. The van der Waals surface area contributed by atoms with Crippen molar-refractivity contribution in [3.05, 3.63) is 113 Å². The fourth-order valence-corrected chi connectivity index (χ4v) is 5.90. The second-order valence-electron chi connectivity index (χ2n) is 12.4. The maximum atomic E-state index is 14.7. The molecular weight excluding hydrogens is 891 g/mol. The summed E-state index contributed by atoms with van der Waals surface area (Å²) in [6, 6.07) is 6.48. The highest BCUT2D eigenvalue weighted by Crippen LogP contribution is 2.40. The number of ether oxygens (including phenoxy) is 2. The zero-order chi connectivity index (χ0) is 40.4. The first-order chi connectivity index (χ1) is 25.2. The van der Waals surface area contributed by atoms with Crippen molar-refractivity contribution in [2.24, 2.45) is 12.5 Å². The van der Waals surface area contributed by atoms with Gasteiger partial charge in [0.2, 0.25) is 5.91 Å². The van der Waals surface area contributed by atoms with E-state index in [0.717, 1.165) is 33.7 Å². The van der Waals surface area contributed by atoms with Crippen LogP contribution in [0.15, 0.2) is 62.5 Å². The molecule has 0 fully saturated rings. The van der Waals surface area contributed by atoms with Crippen LogP contribution in [0.5, 0.6) is 5.75 Å². The molecule has 18 heteroatoms. The number of aryl methyl sites for hydroxylation is 1. The fraction of sp³-hybridized carbons (Fsp3) is 0.222. The number of hydrogen-bond donors (Lipinski definition) is 0. The van der Waals surface area contributed by atoms with Crippen molar-refractivity contribution in [2.45, 2.75) is 27.2 Å². The summed E-state index contributed by atoms with van der Waals surface area (Å²) >= 11 is 18.2. The van der Waals surface area contributed by atoms with E-state index >= 15 is 0 Å². The van der Waals surface area contributed by atoms with Gasteiger partial charge in [-0.15, -0.1) is 0 Å². The lowest BCUT2D eigenvalue weighted by Crippen LogP contribution is -2.31. The Morgan fingerprint density at radius 1 is 0.870 bits per heavy atom. The minimum atomic E-state index is -0.927. The number of hydrogen-bond acceptors (Lipinski definition) is 8. The number of likely N-dealkylation sites (N-methyl/N-ethyl adjacent to an activating group) is 1. The van der Waals surface area contributed by atoms with E-state index in [4.69, 9.17) is 27.9 Å². The van der Waals surface area contributed by atoms with Crippen LogP contribution in [-0.2, 0) is 27.8 Å². The van der Waals surface area contributed by atoms with Crippen LogP contribution in [0.1, 0.15) is 36.7 Å². The van der Waals surface area contributed by atoms with Crippen LogP contribution in [-0.4, -0.2) is 46.5 Å². The summed E-state index contributed by atoms with van der Waals surface area (Å²) in [4.78, 5) is 59.3. The van der Waals surface area contributed by atoms with Gasteiger partial charge in [0.25, 0.3) is 5.56 Å². The molecule has 284 valence electrons. The molecule has 0 radical (unpaired) electrons. The van der Waals surface area contributed by atoms with Crippen LogP contribution in [0.2, 0.25) is 10.0 Å². The largest absolute Gasteiger partial charge is 0.465 e. The third-order valence-electron chi connectivity index (χ3n) is 7.64. The van der Waals surface area contributed by atoms with Crippen LogP contribution in [0, 0.1) is 28.7 Å². The maximum Gasteiger partial charge on any atom is 0.341 e. The number of methoxy groups -OCH3 is 1. The standard InChI is InChI=1S/C20H16BrClF2N2O3.C16H12BrClF2N2O3/c1-20(2,3)19(28)29-16-10-7-9(21)8-25-17(10)26(4)18(27)14(16)13-11(23)5-6-12(24)15(13)22;1-22(15-10(16(24)25-2)5-8(17)7-21-15)13(23)6-9-11(19)3-4-12(20)14(9)18/h5-8H,1-4H3;3-5,7H,6H2,1-2H3. The van der Waals surface area contributed by atoms with Crippen molar-refractivity contribution in [1.29, 1.82) is 0 Å². The first kappa shape index (κ1) is 42.4. The van der Waals surface area contributed by atoms with Crippen molar-refractivity contribution in [1.82, 2.24) is 14.5 Å². The van der Waals surface area contributed by atoms with Crippen LogP contribution >= 0.6 is 55.1 Å². The smallest absolute Gasteiger partial charge is 0.341 e. The highest BCUT2D eigenvalue weighted by Gasteiger charge is 2.31. The molecule has 0 saturated heterocycles. The van der Waals surface area contributed by atoms with E-state index in [9.17, 15) is 36.7 Å². The predicted octanol–water partition coefficient (Wildman–Crippen LogP) is 9.01. The van der Waals surface area contributed by atoms with Crippen molar-refractivity contribution < 1.29 is 41.4 Å². The van der Waals surface area contributed by atoms with Gasteiger partial charge >= 0.3 is 11.9 Å². The van der Waals surface area contributed by atoms with Gasteiger partial charge in [-0.3, -0.25) is 23.9 Å². The highest BCUT2D eigenvalue weighted by atomic mass is 79.9. The molecule has 5 rings (SSSR count). The lowest BCUT2D eigenvalue weighted by molar-refractivity contribution is -0.142. The first-order valence-electron chi connectivity index (χ1n) is 15.4. The maximum absolute atomic E-state index is 14.7. The van der Waals surface area contributed by atoms with Gasteiger partial charge in [-0.05, 0) is 89.0 Å². The summed E-state index contributed by atoms with van der Waals surface area (Å²) in [5, 5.41) is -0.787. The molecule has 54 heavy (non-hydrogen) atoms. The number of aromatic nitrogens is 3. The lowest BCUT2D eigenvalue weighted by Gasteiger charge is -2.20. The van der Waals surface area contributed by atoms with E-state index in [1.165, 1.54) is 39.7 Å². The summed E-state index contributed by atoms with van der Waals surface area (Å²) in [5.41, 5.74) is -2.53. The Morgan fingerprint density at radius 2 is 1.43 bits per heavy atom. The number of halogens is 8. The average molecular weight is 919 g/mol. The van der Waals surface area contributed by atoms with Gasteiger partial charge in [-0.2, -0.15) is 0 Å². The van der Waals surface area contributed by atoms with Gasteiger partial charge in [0, 0.05) is 46.6 Å². The number of anilines is 1. The van der Waals surface area contributed by atoms with Gasteiger partial charge in [0.1, 0.15) is 40.3 Å².